The van der Waals surface area contributed by atoms with Gasteiger partial charge in [0.1, 0.15) is 0 Å². The van der Waals surface area contributed by atoms with Crippen LogP contribution in [0, 0.1) is 0 Å². The zero-order valence-electron chi connectivity index (χ0n) is 11.8. The van der Waals surface area contributed by atoms with Crippen molar-refractivity contribution < 1.29 is 8.42 Å². The van der Waals surface area contributed by atoms with Gasteiger partial charge in [-0.3, -0.25) is 4.98 Å². The van der Waals surface area contributed by atoms with Gasteiger partial charge in [-0.2, -0.15) is 0 Å². The van der Waals surface area contributed by atoms with Gasteiger partial charge in [0.25, 0.3) is 0 Å². The maximum atomic E-state index is 12.4. The van der Waals surface area contributed by atoms with Gasteiger partial charge in [0, 0.05) is 24.0 Å². The number of nitrogens with zero attached hydrogens (tertiary/aromatic N) is 1. The zero-order valence-corrected chi connectivity index (χ0v) is 13.3. The molecule has 0 fully saturated rings. The molecule has 0 radical (unpaired) electrons. The molecule has 0 aliphatic heterocycles. The molecule has 21 heavy (non-hydrogen) atoms. The van der Waals surface area contributed by atoms with Gasteiger partial charge in [-0.1, -0.05) is 18.9 Å². The number of rotatable bonds is 8. The number of pyridine rings is 1. The molecular formula is C15H19ClN2O2S. The van der Waals surface area contributed by atoms with Crippen LogP contribution < -0.4 is 4.72 Å². The minimum atomic E-state index is -3.50. The summed E-state index contributed by atoms with van der Waals surface area (Å²) in [6.07, 6.45) is 5.46. The standard InChI is InChI=1S/C15H19ClN2O2S/c16-10-3-1-2-4-12-18-21(19,20)15-9-5-8-14-13(15)7-6-11-17-14/h5-9,11,18H,1-4,10,12H2. The molecule has 0 aliphatic rings. The lowest BCUT2D eigenvalue weighted by Gasteiger charge is -2.09. The van der Waals surface area contributed by atoms with E-state index in [1.165, 1.54) is 0 Å². The molecule has 1 N–H and O–H groups in total. The molecule has 0 amide bonds. The molecule has 114 valence electrons. The molecule has 4 nitrogen and oxygen atoms in total. The van der Waals surface area contributed by atoms with E-state index >= 15 is 0 Å². The molecular weight excluding hydrogens is 308 g/mol. The Morgan fingerprint density at radius 2 is 1.86 bits per heavy atom. The van der Waals surface area contributed by atoms with Crippen LogP contribution in [0.3, 0.4) is 0 Å². The number of alkyl halides is 1. The van der Waals surface area contributed by atoms with E-state index in [1.54, 1.807) is 36.5 Å². The first kappa shape index (κ1) is 16.2. The highest BCUT2D eigenvalue weighted by Gasteiger charge is 2.16. The number of fused-ring (bicyclic) bond motifs is 1. The average molecular weight is 327 g/mol. The highest BCUT2D eigenvalue weighted by Crippen LogP contribution is 2.20. The number of benzene rings is 1. The smallest absolute Gasteiger partial charge is 0.241 e. The Hall–Kier alpha value is -1.17. The summed E-state index contributed by atoms with van der Waals surface area (Å²) in [6.45, 7) is 0.446. The minimum absolute atomic E-state index is 0.286. The molecule has 0 saturated carbocycles. The lowest BCUT2D eigenvalue weighted by atomic mass is 10.2. The van der Waals surface area contributed by atoms with Crippen molar-refractivity contribution in [2.24, 2.45) is 0 Å². The predicted octanol–water partition coefficient (Wildman–Crippen LogP) is 3.31. The highest BCUT2D eigenvalue weighted by atomic mass is 35.5. The third kappa shape index (κ3) is 4.40. The SMILES string of the molecule is O=S(=O)(NCCCCCCCl)c1cccc2ncccc12. The number of hydrogen-bond donors (Lipinski definition) is 1. The van der Waals surface area contributed by atoms with Gasteiger partial charge in [0.05, 0.1) is 10.4 Å². The molecule has 0 atom stereocenters. The molecule has 1 heterocycles. The summed E-state index contributed by atoms with van der Waals surface area (Å²) in [5.41, 5.74) is 0.683. The maximum Gasteiger partial charge on any atom is 0.241 e. The number of sulfonamides is 1. The lowest BCUT2D eigenvalue weighted by molar-refractivity contribution is 0.574. The fraction of sp³-hybridized carbons (Fsp3) is 0.400. The summed E-state index contributed by atoms with van der Waals surface area (Å²) in [5, 5.41) is 0.648. The van der Waals surface area contributed by atoms with Crippen LogP contribution in [0.15, 0.2) is 41.4 Å². The fourth-order valence-electron chi connectivity index (χ4n) is 2.17. The Bertz CT molecular complexity index is 684. The first-order chi connectivity index (χ1) is 10.1. The molecule has 0 bridgehead atoms. The van der Waals surface area contributed by atoms with Crippen LogP contribution in [-0.4, -0.2) is 25.8 Å². The maximum absolute atomic E-state index is 12.4. The van der Waals surface area contributed by atoms with Gasteiger partial charge < -0.3 is 0 Å². The van der Waals surface area contributed by atoms with Gasteiger partial charge in [-0.05, 0) is 37.1 Å². The van der Waals surface area contributed by atoms with E-state index in [-0.39, 0.29) is 4.90 Å². The van der Waals surface area contributed by atoms with Crippen molar-refractivity contribution in [3.63, 3.8) is 0 Å². The van der Waals surface area contributed by atoms with E-state index < -0.39 is 10.0 Å². The van der Waals surface area contributed by atoms with E-state index in [0.29, 0.717) is 23.3 Å². The second kappa shape index (κ2) is 7.73. The van der Waals surface area contributed by atoms with E-state index in [0.717, 1.165) is 25.7 Å². The van der Waals surface area contributed by atoms with Crippen molar-refractivity contribution in [3.8, 4) is 0 Å². The number of unbranched alkanes of at least 4 members (excludes halogenated alkanes) is 3. The lowest BCUT2D eigenvalue weighted by Crippen LogP contribution is -2.25. The van der Waals surface area contributed by atoms with Crippen LogP contribution in [-0.2, 0) is 10.0 Å². The third-order valence-corrected chi connectivity index (χ3v) is 5.03. The molecule has 0 aliphatic carbocycles. The number of aromatic nitrogens is 1. The molecule has 6 heteroatoms. The molecule has 0 spiro atoms. The van der Waals surface area contributed by atoms with E-state index in [2.05, 4.69) is 9.71 Å². The van der Waals surface area contributed by atoms with E-state index in [9.17, 15) is 8.42 Å². The average Bonchev–Trinajstić information content (AvgIpc) is 2.50. The van der Waals surface area contributed by atoms with Crippen molar-refractivity contribution in [3.05, 3.63) is 36.5 Å². The zero-order chi connectivity index (χ0) is 15.1. The molecule has 2 aromatic rings. The normalized spacial score (nSPS) is 11.9. The molecule has 0 saturated heterocycles. The van der Waals surface area contributed by atoms with Gasteiger partial charge in [-0.15, -0.1) is 11.6 Å². The van der Waals surface area contributed by atoms with Gasteiger partial charge >= 0.3 is 0 Å². The largest absolute Gasteiger partial charge is 0.256 e. The Kier molecular flexibility index (Phi) is 5.96. The van der Waals surface area contributed by atoms with Gasteiger partial charge in [-0.25, -0.2) is 13.1 Å². The van der Waals surface area contributed by atoms with Crippen molar-refractivity contribution in [1.82, 2.24) is 9.71 Å². The molecule has 0 unspecified atom stereocenters. The fourth-order valence-corrected chi connectivity index (χ4v) is 3.64. The van der Waals surface area contributed by atoms with Gasteiger partial charge in [0.2, 0.25) is 10.0 Å². The summed E-state index contributed by atoms with van der Waals surface area (Å²) in [5.74, 6) is 0.661. The topological polar surface area (TPSA) is 59.1 Å². The van der Waals surface area contributed by atoms with Crippen molar-refractivity contribution in [2.45, 2.75) is 30.6 Å². The van der Waals surface area contributed by atoms with Crippen LogP contribution in [0.1, 0.15) is 25.7 Å². The van der Waals surface area contributed by atoms with Crippen LogP contribution in [0.4, 0.5) is 0 Å². The van der Waals surface area contributed by atoms with Crippen LogP contribution in [0.2, 0.25) is 0 Å². The second-order valence-electron chi connectivity index (χ2n) is 4.83. The molecule has 1 aromatic carbocycles. The Labute approximate surface area is 130 Å². The van der Waals surface area contributed by atoms with Crippen molar-refractivity contribution in [1.29, 1.82) is 0 Å². The monoisotopic (exact) mass is 326 g/mol. The third-order valence-electron chi connectivity index (χ3n) is 3.25. The summed E-state index contributed by atoms with van der Waals surface area (Å²) < 4.78 is 27.4. The summed E-state index contributed by atoms with van der Waals surface area (Å²) in [6, 6.07) is 8.65. The predicted molar refractivity (Wildman–Crippen MR) is 86.1 cm³/mol. The minimum Gasteiger partial charge on any atom is -0.256 e. The van der Waals surface area contributed by atoms with Crippen molar-refractivity contribution in [2.75, 3.05) is 12.4 Å². The number of nitrogens with one attached hydrogen (secondary N) is 1. The Morgan fingerprint density at radius 3 is 2.67 bits per heavy atom. The summed E-state index contributed by atoms with van der Waals surface area (Å²) >= 11 is 5.61. The van der Waals surface area contributed by atoms with Crippen LogP contribution in [0.25, 0.3) is 10.9 Å². The van der Waals surface area contributed by atoms with Gasteiger partial charge in [0.15, 0.2) is 0 Å². The Balaban J connectivity index is 2.05. The van der Waals surface area contributed by atoms with E-state index in [4.69, 9.17) is 11.6 Å². The van der Waals surface area contributed by atoms with E-state index in [1.807, 2.05) is 0 Å². The quantitative estimate of drug-likeness (QED) is 0.598. The molecule has 1 aromatic heterocycles. The Morgan fingerprint density at radius 1 is 1.05 bits per heavy atom. The first-order valence-corrected chi connectivity index (χ1v) is 9.06. The second-order valence-corrected chi connectivity index (χ2v) is 6.94. The number of hydrogen-bond acceptors (Lipinski definition) is 3. The molecule has 2 rings (SSSR count). The summed E-state index contributed by atoms with van der Waals surface area (Å²) in [7, 11) is -3.50. The van der Waals surface area contributed by atoms with Crippen LogP contribution in [0.5, 0.6) is 0 Å². The highest BCUT2D eigenvalue weighted by molar-refractivity contribution is 7.89. The summed E-state index contributed by atoms with van der Waals surface area (Å²) in [4.78, 5) is 4.47. The van der Waals surface area contributed by atoms with Crippen LogP contribution >= 0.6 is 11.6 Å². The number of halogens is 1. The first-order valence-electron chi connectivity index (χ1n) is 7.04. The van der Waals surface area contributed by atoms with Crippen molar-refractivity contribution >= 4 is 32.5 Å².